The molecule has 7 nitrogen and oxygen atoms in total. The van der Waals surface area contributed by atoms with Crippen molar-refractivity contribution in [2.45, 2.75) is 6.42 Å². The molecule has 4 aromatic rings. The highest BCUT2D eigenvalue weighted by atomic mass is 79.9. The zero-order valence-corrected chi connectivity index (χ0v) is 18.8. The fourth-order valence-corrected chi connectivity index (χ4v) is 3.80. The van der Waals surface area contributed by atoms with Gasteiger partial charge in [0.15, 0.2) is 5.78 Å². The third kappa shape index (κ3) is 4.61. The molecule has 0 unspecified atom stereocenters. The Bertz CT molecular complexity index is 1360. The Morgan fingerprint density at radius 1 is 0.909 bits per heavy atom. The van der Waals surface area contributed by atoms with Gasteiger partial charge in [-0.3, -0.25) is 9.59 Å². The molecule has 0 aliphatic rings. The monoisotopic (exact) mass is 503 g/mol. The van der Waals surface area contributed by atoms with Crippen LogP contribution in [0.4, 0.5) is 0 Å². The summed E-state index contributed by atoms with van der Waals surface area (Å²) in [6.45, 7) is 0. The summed E-state index contributed by atoms with van der Waals surface area (Å²) >= 11 is 3.34. The van der Waals surface area contributed by atoms with E-state index in [0.717, 1.165) is 4.47 Å². The number of aromatic nitrogens is 2. The third-order valence-corrected chi connectivity index (χ3v) is 5.64. The first-order chi connectivity index (χ1) is 15.8. The van der Waals surface area contributed by atoms with Crippen molar-refractivity contribution in [3.05, 3.63) is 106 Å². The summed E-state index contributed by atoms with van der Waals surface area (Å²) in [4.78, 5) is 37.1. The zero-order chi connectivity index (χ0) is 23.5. The smallest absolute Gasteiger partial charge is 0.339 e. The van der Waals surface area contributed by atoms with Crippen LogP contribution in [0.25, 0.3) is 16.9 Å². The molecule has 3 N–H and O–H groups in total. The van der Waals surface area contributed by atoms with E-state index in [4.69, 9.17) is 5.73 Å². The second-order valence-corrected chi connectivity index (χ2v) is 8.19. The molecule has 4 rings (SSSR count). The van der Waals surface area contributed by atoms with E-state index in [9.17, 15) is 19.5 Å². The van der Waals surface area contributed by atoms with E-state index < -0.39 is 11.9 Å². The van der Waals surface area contributed by atoms with Gasteiger partial charge in [0.25, 0.3) is 0 Å². The van der Waals surface area contributed by atoms with E-state index in [1.54, 1.807) is 66.7 Å². The Morgan fingerprint density at radius 3 is 2.24 bits per heavy atom. The number of benzene rings is 3. The Balaban J connectivity index is 1.90. The van der Waals surface area contributed by atoms with Gasteiger partial charge >= 0.3 is 5.97 Å². The van der Waals surface area contributed by atoms with E-state index in [0.29, 0.717) is 16.8 Å². The van der Waals surface area contributed by atoms with Crippen LogP contribution in [0.3, 0.4) is 0 Å². The summed E-state index contributed by atoms with van der Waals surface area (Å²) in [5.74, 6) is -2.11. The lowest BCUT2D eigenvalue weighted by atomic mass is 9.99. The molecule has 0 bridgehead atoms. The number of amides is 1. The lowest BCUT2D eigenvalue weighted by Gasteiger charge is -2.08. The van der Waals surface area contributed by atoms with Gasteiger partial charge in [0.2, 0.25) is 5.91 Å². The summed E-state index contributed by atoms with van der Waals surface area (Å²) in [6, 6.07) is 22.1. The molecule has 164 valence electrons. The average molecular weight is 504 g/mol. The van der Waals surface area contributed by atoms with Crippen molar-refractivity contribution >= 4 is 33.6 Å². The second kappa shape index (κ2) is 9.22. The van der Waals surface area contributed by atoms with Crippen LogP contribution in [-0.4, -0.2) is 32.5 Å². The number of carboxylic acid groups (broad SMARTS) is 1. The summed E-state index contributed by atoms with van der Waals surface area (Å²) in [6.07, 6.45) is -0.180. The number of para-hydroxylation sites is 1. The van der Waals surface area contributed by atoms with Crippen molar-refractivity contribution in [2.75, 3.05) is 0 Å². The number of aromatic carboxylic acids is 1. The Morgan fingerprint density at radius 2 is 1.61 bits per heavy atom. The number of rotatable bonds is 7. The molecular formula is C25H18BrN3O4. The van der Waals surface area contributed by atoms with E-state index in [2.05, 4.69) is 21.0 Å². The molecule has 0 atom stereocenters. The van der Waals surface area contributed by atoms with Crippen LogP contribution in [0.5, 0.6) is 0 Å². The molecule has 3 aromatic carbocycles. The van der Waals surface area contributed by atoms with Gasteiger partial charge < -0.3 is 10.8 Å². The first-order valence-electron chi connectivity index (χ1n) is 9.94. The zero-order valence-electron chi connectivity index (χ0n) is 17.2. The van der Waals surface area contributed by atoms with Crippen LogP contribution in [0.15, 0.2) is 83.3 Å². The number of nitrogens with zero attached hydrogens (tertiary/aromatic N) is 2. The summed E-state index contributed by atoms with van der Waals surface area (Å²) in [7, 11) is 0. The SMILES string of the molecule is NC(=O)c1cccc(-c2nn(-c3ccccc3)c(CC(=O)c3ccc(Br)cc3)c2C(=O)O)c1. The first-order valence-corrected chi connectivity index (χ1v) is 10.7. The standard InChI is InChI=1S/C25H18BrN3O4/c26-18-11-9-15(10-12-18)21(30)14-20-22(25(32)33)23(16-5-4-6-17(13-16)24(27)31)28-29(20)19-7-2-1-3-8-19/h1-13H,14H2,(H2,27,31)(H,32,33). The molecule has 0 spiro atoms. The van der Waals surface area contributed by atoms with Gasteiger partial charge in [0.05, 0.1) is 17.8 Å². The third-order valence-electron chi connectivity index (χ3n) is 5.11. The molecule has 0 aliphatic carbocycles. The average Bonchev–Trinajstić information content (AvgIpc) is 3.19. The number of carbonyl (C=O) groups excluding carboxylic acids is 2. The molecule has 0 aliphatic heterocycles. The minimum absolute atomic E-state index is 0.106. The highest BCUT2D eigenvalue weighted by Gasteiger charge is 2.27. The second-order valence-electron chi connectivity index (χ2n) is 7.27. The van der Waals surface area contributed by atoms with Gasteiger partial charge in [-0.05, 0) is 36.4 Å². The molecule has 0 saturated carbocycles. The minimum Gasteiger partial charge on any atom is -0.478 e. The molecule has 1 amide bonds. The number of halogens is 1. The van der Waals surface area contributed by atoms with Crippen molar-refractivity contribution in [1.29, 1.82) is 0 Å². The van der Waals surface area contributed by atoms with Gasteiger partial charge in [0.1, 0.15) is 11.3 Å². The van der Waals surface area contributed by atoms with E-state index in [-0.39, 0.29) is 34.7 Å². The van der Waals surface area contributed by atoms with Crippen molar-refractivity contribution in [2.24, 2.45) is 5.73 Å². The van der Waals surface area contributed by atoms with Gasteiger partial charge in [-0.1, -0.05) is 58.4 Å². The number of ketones is 1. The molecule has 33 heavy (non-hydrogen) atoms. The predicted octanol–water partition coefficient (Wildman–Crippen LogP) is 4.52. The van der Waals surface area contributed by atoms with Crippen molar-refractivity contribution < 1.29 is 19.5 Å². The van der Waals surface area contributed by atoms with Gasteiger partial charge in [0, 0.05) is 21.2 Å². The van der Waals surface area contributed by atoms with Gasteiger partial charge in [-0.15, -0.1) is 0 Å². The molecule has 0 radical (unpaired) electrons. The Kier molecular flexibility index (Phi) is 6.19. The minimum atomic E-state index is -1.23. The van der Waals surface area contributed by atoms with Crippen LogP contribution < -0.4 is 5.73 Å². The largest absolute Gasteiger partial charge is 0.478 e. The molecular weight excluding hydrogens is 486 g/mol. The summed E-state index contributed by atoms with van der Waals surface area (Å²) in [5.41, 5.74) is 7.37. The molecule has 0 fully saturated rings. The Labute approximate surface area is 197 Å². The lowest BCUT2D eigenvalue weighted by molar-refractivity contribution is 0.0696. The molecule has 8 heteroatoms. The van der Waals surface area contributed by atoms with Crippen LogP contribution >= 0.6 is 15.9 Å². The highest BCUT2D eigenvalue weighted by molar-refractivity contribution is 9.10. The van der Waals surface area contributed by atoms with Gasteiger partial charge in [-0.25, -0.2) is 9.48 Å². The maximum atomic E-state index is 13.1. The maximum absolute atomic E-state index is 13.1. The van der Waals surface area contributed by atoms with Crippen molar-refractivity contribution in [3.63, 3.8) is 0 Å². The number of nitrogens with two attached hydrogens (primary N) is 1. The predicted molar refractivity (Wildman–Crippen MR) is 127 cm³/mol. The van der Waals surface area contributed by atoms with Crippen molar-refractivity contribution in [1.82, 2.24) is 9.78 Å². The number of primary amides is 1. The van der Waals surface area contributed by atoms with Crippen LogP contribution in [0.1, 0.15) is 36.8 Å². The number of carbonyl (C=O) groups is 3. The number of hydrogen-bond donors (Lipinski definition) is 2. The maximum Gasteiger partial charge on any atom is 0.339 e. The summed E-state index contributed by atoms with van der Waals surface area (Å²) in [5, 5.41) is 14.7. The summed E-state index contributed by atoms with van der Waals surface area (Å²) < 4.78 is 2.29. The number of Topliss-reactive ketones (excluding diaryl/α,β-unsaturated/α-hetero) is 1. The number of hydrogen-bond acceptors (Lipinski definition) is 4. The van der Waals surface area contributed by atoms with E-state index in [1.165, 1.54) is 10.7 Å². The van der Waals surface area contributed by atoms with Crippen molar-refractivity contribution in [3.8, 4) is 16.9 Å². The normalized spacial score (nSPS) is 10.7. The molecule has 0 saturated heterocycles. The fraction of sp³-hybridized carbons (Fsp3) is 0.0400. The van der Waals surface area contributed by atoms with Crippen LogP contribution in [0, 0.1) is 0 Å². The lowest BCUT2D eigenvalue weighted by Crippen LogP contribution is -2.13. The van der Waals surface area contributed by atoms with E-state index >= 15 is 0 Å². The van der Waals surface area contributed by atoms with Crippen LogP contribution in [0.2, 0.25) is 0 Å². The Hall–Kier alpha value is -4.04. The topological polar surface area (TPSA) is 115 Å². The number of carboxylic acids is 1. The van der Waals surface area contributed by atoms with Crippen LogP contribution in [-0.2, 0) is 6.42 Å². The quantitative estimate of drug-likeness (QED) is 0.359. The van der Waals surface area contributed by atoms with Gasteiger partial charge in [-0.2, -0.15) is 5.10 Å². The first kappa shape index (κ1) is 22.2. The highest BCUT2D eigenvalue weighted by Crippen LogP contribution is 2.29. The van der Waals surface area contributed by atoms with E-state index in [1.807, 2.05) is 6.07 Å². The molecule has 1 heterocycles. The fourth-order valence-electron chi connectivity index (χ4n) is 3.54. The molecule has 1 aromatic heterocycles.